The lowest BCUT2D eigenvalue weighted by Gasteiger charge is -2.62. The Hall–Kier alpha value is -1.14. The van der Waals surface area contributed by atoms with Gasteiger partial charge in [0.25, 0.3) is 0 Å². The van der Waals surface area contributed by atoms with Crippen LogP contribution in [0.4, 0.5) is 0 Å². The molecule has 6 nitrogen and oxygen atoms in total. The predicted molar refractivity (Wildman–Crippen MR) is 140 cm³/mol. The maximum atomic E-state index is 12.7. The smallest absolute Gasteiger partial charge is 0.326 e. The molecule has 0 aromatic heterocycles. The number of nitrogens with one attached hydrogen (secondary N) is 1. The van der Waals surface area contributed by atoms with Crippen LogP contribution in [0.2, 0.25) is 0 Å². The molecule has 4 saturated carbocycles. The Kier molecular flexibility index (Phi) is 8.17. The van der Waals surface area contributed by atoms with Crippen molar-refractivity contribution in [2.75, 3.05) is 0 Å². The fourth-order valence-electron chi connectivity index (χ4n) is 9.66. The number of carbonyl (C=O) groups excluding carboxylic acids is 1. The van der Waals surface area contributed by atoms with E-state index in [0.29, 0.717) is 48.3 Å². The molecule has 36 heavy (non-hydrogen) atoms. The molecule has 4 N–H and O–H groups in total. The molecule has 4 aliphatic rings. The zero-order chi connectivity index (χ0) is 26.4. The van der Waals surface area contributed by atoms with Crippen LogP contribution in [0.5, 0.6) is 0 Å². The highest BCUT2D eigenvalue weighted by atomic mass is 16.4. The van der Waals surface area contributed by atoms with E-state index in [4.69, 9.17) is 0 Å². The quantitative estimate of drug-likeness (QED) is 0.371. The van der Waals surface area contributed by atoms with Crippen LogP contribution in [-0.4, -0.2) is 45.4 Å². The highest BCUT2D eigenvalue weighted by Crippen LogP contribution is 2.68. The number of hydrogen-bond acceptors (Lipinski definition) is 4. The van der Waals surface area contributed by atoms with Crippen LogP contribution >= 0.6 is 0 Å². The van der Waals surface area contributed by atoms with Gasteiger partial charge >= 0.3 is 5.97 Å². The van der Waals surface area contributed by atoms with Crippen molar-refractivity contribution in [1.29, 1.82) is 0 Å². The summed E-state index contributed by atoms with van der Waals surface area (Å²) in [5.41, 5.74) is 0.429. The molecule has 0 aliphatic heterocycles. The van der Waals surface area contributed by atoms with E-state index in [1.165, 1.54) is 6.42 Å². The first-order valence-electron chi connectivity index (χ1n) is 14.8. The maximum absolute atomic E-state index is 12.7. The third-order valence-electron chi connectivity index (χ3n) is 12.0. The van der Waals surface area contributed by atoms with E-state index in [0.717, 1.165) is 51.4 Å². The number of carbonyl (C=O) groups is 2. The standard InChI is InChI=1S/C30H51NO5/c1-6-17(2)27(28(35)36)31-25(34)10-7-18(3)21-8-9-22-26-23(12-14-30(21,22)5)29(4)13-11-20(32)15-19(29)16-24(26)33/h17-24,26-27,32-33H,6-16H2,1-5H3,(H,31,34)(H,35,36)/t17?,18-,19+,20-,21-,22+,23+,24+,26+,27+,29+,30-/m1/s1. The molecule has 1 amide bonds. The first-order valence-corrected chi connectivity index (χ1v) is 14.8. The topological polar surface area (TPSA) is 107 Å². The maximum Gasteiger partial charge on any atom is 0.326 e. The van der Waals surface area contributed by atoms with Gasteiger partial charge in [0.15, 0.2) is 0 Å². The molecule has 6 heteroatoms. The third kappa shape index (κ3) is 4.86. The van der Waals surface area contributed by atoms with Crippen LogP contribution in [0.1, 0.15) is 105 Å². The first-order chi connectivity index (χ1) is 16.9. The van der Waals surface area contributed by atoms with Crippen LogP contribution in [0, 0.1) is 52.3 Å². The lowest BCUT2D eigenvalue weighted by Crippen LogP contribution is -2.58. The van der Waals surface area contributed by atoms with Gasteiger partial charge in [0, 0.05) is 6.42 Å². The summed E-state index contributed by atoms with van der Waals surface area (Å²) in [5.74, 6) is 1.58. The van der Waals surface area contributed by atoms with Crippen molar-refractivity contribution in [2.24, 2.45) is 52.3 Å². The van der Waals surface area contributed by atoms with Crippen LogP contribution < -0.4 is 5.32 Å². The van der Waals surface area contributed by atoms with E-state index in [-0.39, 0.29) is 34.9 Å². The average molecular weight is 506 g/mol. The van der Waals surface area contributed by atoms with Gasteiger partial charge in [-0.25, -0.2) is 4.79 Å². The monoisotopic (exact) mass is 505 g/mol. The molecule has 4 rings (SSSR count). The minimum Gasteiger partial charge on any atom is -0.480 e. The van der Waals surface area contributed by atoms with Crippen LogP contribution in [0.15, 0.2) is 0 Å². The number of aliphatic carboxylic acids is 1. The second-order valence-corrected chi connectivity index (χ2v) is 13.7. The minimum atomic E-state index is -0.955. The number of hydrogen-bond donors (Lipinski definition) is 4. The van der Waals surface area contributed by atoms with E-state index in [1.807, 2.05) is 13.8 Å². The average Bonchev–Trinajstić information content (AvgIpc) is 3.18. The Bertz CT molecular complexity index is 817. The van der Waals surface area contributed by atoms with Gasteiger partial charge < -0.3 is 20.6 Å². The van der Waals surface area contributed by atoms with Crippen LogP contribution in [-0.2, 0) is 9.59 Å². The second kappa shape index (κ2) is 10.6. The van der Waals surface area contributed by atoms with Gasteiger partial charge in [-0.05, 0) is 110 Å². The van der Waals surface area contributed by atoms with Crippen molar-refractivity contribution < 1.29 is 24.9 Å². The molecule has 0 bridgehead atoms. The summed E-state index contributed by atoms with van der Waals surface area (Å²) < 4.78 is 0. The van der Waals surface area contributed by atoms with Crippen LogP contribution in [0.3, 0.4) is 0 Å². The van der Waals surface area contributed by atoms with E-state index < -0.39 is 12.0 Å². The molecule has 0 aromatic carbocycles. The number of aliphatic hydroxyl groups excluding tert-OH is 2. The van der Waals surface area contributed by atoms with Gasteiger partial charge in [-0.15, -0.1) is 0 Å². The van der Waals surface area contributed by atoms with Gasteiger partial charge in [0.2, 0.25) is 5.91 Å². The third-order valence-corrected chi connectivity index (χ3v) is 12.0. The molecular weight excluding hydrogens is 454 g/mol. The molecule has 0 heterocycles. The van der Waals surface area contributed by atoms with E-state index >= 15 is 0 Å². The van der Waals surface area contributed by atoms with Crippen molar-refractivity contribution in [3.8, 4) is 0 Å². The summed E-state index contributed by atoms with van der Waals surface area (Å²) >= 11 is 0. The second-order valence-electron chi connectivity index (χ2n) is 13.7. The predicted octanol–water partition coefficient (Wildman–Crippen LogP) is 5.01. The summed E-state index contributed by atoms with van der Waals surface area (Å²) in [4.78, 5) is 24.3. The summed E-state index contributed by atoms with van der Waals surface area (Å²) in [5, 5.41) is 34.0. The number of carboxylic acids is 1. The molecule has 0 saturated heterocycles. The number of rotatable bonds is 8. The van der Waals surface area contributed by atoms with Gasteiger partial charge in [-0.2, -0.15) is 0 Å². The Morgan fingerprint density at radius 3 is 2.31 bits per heavy atom. The van der Waals surface area contributed by atoms with Gasteiger partial charge in [-0.1, -0.05) is 41.0 Å². The van der Waals surface area contributed by atoms with Crippen molar-refractivity contribution in [1.82, 2.24) is 5.32 Å². The van der Waals surface area contributed by atoms with Crippen molar-refractivity contribution >= 4 is 11.9 Å². The first kappa shape index (κ1) is 27.9. The molecule has 4 fully saturated rings. The fraction of sp³-hybridized carbons (Fsp3) is 0.933. The number of amides is 1. The summed E-state index contributed by atoms with van der Waals surface area (Å²) in [6, 6.07) is -0.819. The lowest BCUT2D eigenvalue weighted by atomic mass is 9.43. The Morgan fingerprint density at radius 1 is 0.972 bits per heavy atom. The SMILES string of the molecule is CCC(C)[C@H](NC(=O)CC[C@@H](C)[C@H]1CC[C@H]2[C@@H]3[C@@H](O)C[C@@H]4C[C@H](O)CC[C@]4(C)[C@H]3CC[C@]12C)C(=O)O. The number of fused-ring (bicyclic) bond motifs is 5. The molecule has 12 atom stereocenters. The number of aliphatic hydroxyl groups is 2. The van der Waals surface area contributed by atoms with E-state index in [1.54, 1.807) is 0 Å². The van der Waals surface area contributed by atoms with E-state index in [9.17, 15) is 24.9 Å². The van der Waals surface area contributed by atoms with Crippen molar-refractivity contribution in [3.05, 3.63) is 0 Å². The summed E-state index contributed by atoms with van der Waals surface area (Å²) in [6.45, 7) is 11.0. The zero-order valence-electron chi connectivity index (χ0n) is 23.2. The normalized spacial score (nSPS) is 44.5. The van der Waals surface area contributed by atoms with Gasteiger partial charge in [0.05, 0.1) is 12.2 Å². The lowest BCUT2D eigenvalue weighted by molar-refractivity contribution is -0.174. The molecule has 0 aromatic rings. The van der Waals surface area contributed by atoms with Gasteiger partial charge in [0.1, 0.15) is 6.04 Å². The number of carboxylic acid groups (broad SMARTS) is 1. The van der Waals surface area contributed by atoms with Crippen molar-refractivity contribution in [2.45, 2.75) is 123 Å². The minimum absolute atomic E-state index is 0.0932. The fourth-order valence-corrected chi connectivity index (χ4v) is 9.66. The molecular formula is C30H51NO5. The summed E-state index contributed by atoms with van der Waals surface area (Å²) in [6.07, 6.45) is 9.72. The van der Waals surface area contributed by atoms with Crippen LogP contribution in [0.25, 0.3) is 0 Å². The Balaban J connectivity index is 1.40. The zero-order valence-corrected chi connectivity index (χ0v) is 23.2. The van der Waals surface area contributed by atoms with Gasteiger partial charge in [-0.3, -0.25) is 4.79 Å². The largest absolute Gasteiger partial charge is 0.480 e. The molecule has 206 valence electrons. The highest BCUT2D eigenvalue weighted by molar-refractivity contribution is 5.83. The molecule has 0 radical (unpaired) electrons. The van der Waals surface area contributed by atoms with Crippen molar-refractivity contribution in [3.63, 3.8) is 0 Å². The Morgan fingerprint density at radius 2 is 1.64 bits per heavy atom. The highest BCUT2D eigenvalue weighted by Gasteiger charge is 2.62. The molecule has 1 unspecified atom stereocenters. The van der Waals surface area contributed by atoms with E-state index in [2.05, 4.69) is 26.1 Å². The summed E-state index contributed by atoms with van der Waals surface area (Å²) in [7, 11) is 0. The Labute approximate surface area is 218 Å². The molecule has 4 aliphatic carbocycles. The molecule has 0 spiro atoms.